The smallest absolute Gasteiger partial charge is 0.330 e. The topological polar surface area (TPSA) is 167 Å². The van der Waals surface area contributed by atoms with Gasteiger partial charge in [0.1, 0.15) is 5.75 Å². The lowest BCUT2D eigenvalue weighted by Crippen LogP contribution is -2.31. The van der Waals surface area contributed by atoms with Crippen LogP contribution >= 0.6 is 0 Å². The lowest BCUT2D eigenvalue weighted by molar-refractivity contribution is 0.0946. The van der Waals surface area contributed by atoms with E-state index in [0.717, 1.165) is 25.9 Å². The van der Waals surface area contributed by atoms with Crippen LogP contribution in [-0.2, 0) is 0 Å². The number of nitrogens with one attached hydrogen (secondary N) is 1. The van der Waals surface area contributed by atoms with Gasteiger partial charge in [-0.15, -0.1) is 4.98 Å². The summed E-state index contributed by atoms with van der Waals surface area (Å²) in [4.78, 5) is 26.9. The van der Waals surface area contributed by atoms with E-state index in [2.05, 4.69) is 45.3 Å². The highest BCUT2D eigenvalue weighted by atomic mass is 16.6. The number of nitrogens with two attached hydrogens (primary N) is 1. The number of carbonyl (C=O) groups excluding carboxylic acids is 1. The Kier molecular flexibility index (Phi) is 6.34. The van der Waals surface area contributed by atoms with Crippen LogP contribution < -0.4 is 25.5 Å². The minimum atomic E-state index is -0.644. The summed E-state index contributed by atoms with van der Waals surface area (Å²) in [5, 5.41) is 10.6. The molecule has 166 valence electrons. The lowest BCUT2D eigenvalue weighted by Gasteiger charge is -2.26. The molecule has 2 aromatic heterocycles. The Balaban J connectivity index is 1.45. The van der Waals surface area contributed by atoms with Gasteiger partial charge in [0.15, 0.2) is 0 Å². The number of carbonyl (C=O) groups is 1. The van der Waals surface area contributed by atoms with Gasteiger partial charge in [-0.25, -0.2) is 10.1 Å². The molecule has 0 bridgehead atoms. The van der Waals surface area contributed by atoms with Crippen LogP contribution in [0.15, 0.2) is 34.0 Å². The van der Waals surface area contributed by atoms with Gasteiger partial charge >= 0.3 is 12.0 Å². The third-order valence-electron chi connectivity index (χ3n) is 4.58. The second kappa shape index (κ2) is 9.68. The number of nitrogen functional groups attached to an aromatic ring is 1. The van der Waals surface area contributed by atoms with Gasteiger partial charge in [0, 0.05) is 13.1 Å². The number of nitrogens with zero attached hydrogens (tertiary/aromatic N) is 7. The molecule has 0 atom stereocenters. The number of amides is 1. The number of benzene rings is 1. The summed E-state index contributed by atoms with van der Waals surface area (Å²) in [6.45, 7) is 1.75. The maximum Gasteiger partial charge on any atom is 0.330 e. The molecule has 0 spiro atoms. The highest BCUT2D eigenvalue weighted by molar-refractivity contribution is 5.96. The molecule has 13 nitrogen and oxygen atoms in total. The van der Waals surface area contributed by atoms with E-state index in [1.54, 1.807) is 24.3 Å². The van der Waals surface area contributed by atoms with E-state index in [4.69, 9.17) is 15.2 Å². The van der Waals surface area contributed by atoms with Crippen LogP contribution in [0.1, 0.15) is 35.3 Å². The van der Waals surface area contributed by atoms with Gasteiger partial charge < -0.3 is 20.1 Å². The molecule has 3 heterocycles. The molecule has 1 aromatic carbocycles. The van der Waals surface area contributed by atoms with Gasteiger partial charge in [0.2, 0.25) is 17.5 Å². The molecule has 4 rings (SSSR count). The minimum absolute atomic E-state index is 0.119. The van der Waals surface area contributed by atoms with Gasteiger partial charge in [-0.3, -0.25) is 4.79 Å². The van der Waals surface area contributed by atoms with Crippen LogP contribution in [0.5, 0.6) is 17.8 Å². The van der Waals surface area contributed by atoms with E-state index >= 15 is 0 Å². The van der Waals surface area contributed by atoms with Crippen LogP contribution in [-0.4, -0.2) is 57.6 Å². The molecule has 13 heteroatoms. The molecule has 1 saturated heterocycles. The summed E-state index contributed by atoms with van der Waals surface area (Å²) >= 11 is 0. The molecule has 1 fully saturated rings. The summed E-state index contributed by atoms with van der Waals surface area (Å²) in [6, 6.07) is 7.29. The fraction of sp³-hybridized carbons (Fsp3) is 0.316. The second-order valence-electron chi connectivity index (χ2n) is 6.82. The molecule has 1 aliphatic rings. The summed E-state index contributed by atoms with van der Waals surface area (Å²) in [7, 11) is 1.49. The highest BCUT2D eigenvalue weighted by Crippen LogP contribution is 2.24. The van der Waals surface area contributed by atoms with E-state index in [1.807, 2.05) is 0 Å². The van der Waals surface area contributed by atoms with Crippen LogP contribution in [0, 0.1) is 0 Å². The average Bonchev–Trinajstić information content (AvgIpc) is 3.25. The molecule has 3 N–H and O–H groups in total. The molecule has 1 aliphatic heterocycles. The van der Waals surface area contributed by atoms with Crippen molar-refractivity contribution in [2.75, 3.05) is 30.8 Å². The SMILES string of the molecule is COc1nc(Oc2cccc(C=NNC(=O)c3nonc3N)c2)nc(N2CCCCC2)n1. The zero-order valence-corrected chi connectivity index (χ0v) is 17.3. The van der Waals surface area contributed by atoms with Gasteiger partial charge in [0.05, 0.1) is 13.3 Å². The fourth-order valence-electron chi connectivity index (χ4n) is 3.04. The maximum atomic E-state index is 11.9. The Morgan fingerprint density at radius 2 is 2.00 bits per heavy atom. The lowest BCUT2D eigenvalue weighted by atomic mass is 10.1. The molecule has 32 heavy (non-hydrogen) atoms. The molecule has 1 amide bonds. The first-order valence-corrected chi connectivity index (χ1v) is 9.87. The Labute approximate surface area is 182 Å². The number of ether oxygens (including phenoxy) is 2. The Morgan fingerprint density at radius 1 is 1.19 bits per heavy atom. The predicted octanol–water partition coefficient (Wildman–Crippen LogP) is 1.39. The second-order valence-corrected chi connectivity index (χ2v) is 6.82. The minimum Gasteiger partial charge on any atom is -0.467 e. The molecule has 0 unspecified atom stereocenters. The standard InChI is InChI=1S/C19H21N9O4/c1-30-18-22-17(28-8-3-2-4-9-28)23-19(24-18)31-13-7-5-6-12(10-13)11-21-25-16(29)14-15(20)27-32-26-14/h5-7,10-11H,2-4,8-9H2,1H3,(H2,20,27)(H,25,29). The van der Waals surface area contributed by atoms with Crippen LogP contribution in [0.4, 0.5) is 11.8 Å². The van der Waals surface area contributed by atoms with Crippen molar-refractivity contribution < 1.29 is 18.9 Å². The van der Waals surface area contributed by atoms with Crippen molar-refractivity contribution in [3.05, 3.63) is 35.5 Å². The zero-order valence-electron chi connectivity index (χ0n) is 17.3. The number of piperidine rings is 1. The van der Waals surface area contributed by atoms with Crippen LogP contribution in [0.3, 0.4) is 0 Å². The Hall–Kier alpha value is -4.29. The summed E-state index contributed by atoms with van der Waals surface area (Å²) < 4.78 is 15.4. The number of hydrazone groups is 1. The van der Waals surface area contributed by atoms with Crippen molar-refractivity contribution in [2.24, 2.45) is 5.10 Å². The van der Waals surface area contributed by atoms with Crippen molar-refractivity contribution in [3.63, 3.8) is 0 Å². The number of aromatic nitrogens is 5. The number of anilines is 2. The third kappa shape index (κ3) is 5.06. The first-order valence-electron chi connectivity index (χ1n) is 9.87. The zero-order chi connectivity index (χ0) is 22.3. The van der Waals surface area contributed by atoms with E-state index in [-0.39, 0.29) is 23.5 Å². The van der Waals surface area contributed by atoms with Crippen molar-refractivity contribution >= 4 is 23.9 Å². The summed E-state index contributed by atoms with van der Waals surface area (Å²) in [6.07, 6.45) is 4.80. The van der Waals surface area contributed by atoms with Gasteiger partial charge in [-0.2, -0.15) is 15.1 Å². The first kappa shape index (κ1) is 21.0. The fourth-order valence-corrected chi connectivity index (χ4v) is 3.04. The van der Waals surface area contributed by atoms with Crippen molar-refractivity contribution in [1.82, 2.24) is 30.7 Å². The van der Waals surface area contributed by atoms with E-state index in [0.29, 0.717) is 17.3 Å². The summed E-state index contributed by atoms with van der Waals surface area (Å²) in [5.74, 6) is 0.233. The molecular weight excluding hydrogens is 418 g/mol. The first-order chi connectivity index (χ1) is 15.6. The average molecular weight is 439 g/mol. The van der Waals surface area contributed by atoms with Crippen molar-refractivity contribution in [1.29, 1.82) is 0 Å². The third-order valence-corrected chi connectivity index (χ3v) is 4.58. The Morgan fingerprint density at radius 3 is 2.75 bits per heavy atom. The normalized spacial score (nSPS) is 13.8. The number of hydrogen-bond donors (Lipinski definition) is 2. The number of rotatable bonds is 7. The van der Waals surface area contributed by atoms with Crippen LogP contribution in [0.25, 0.3) is 0 Å². The molecule has 0 saturated carbocycles. The van der Waals surface area contributed by atoms with Crippen LogP contribution in [0.2, 0.25) is 0 Å². The monoisotopic (exact) mass is 439 g/mol. The number of hydrogen-bond acceptors (Lipinski definition) is 12. The van der Waals surface area contributed by atoms with Gasteiger partial charge in [-0.1, -0.05) is 12.1 Å². The predicted molar refractivity (Wildman–Crippen MR) is 113 cm³/mol. The van der Waals surface area contributed by atoms with Crippen molar-refractivity contribution in [3.8, 4) is 17.8 Å². The summed E-state index contributed by atoms with van der Waals surface area (Å²) in [5.41, 5.74) is 8.28. The van der Waals surface area contributed by atoms with E-state index in [1.165, 1.54) is 19.7 Å². The largest absolute Gasteiger partial charge is 0.467 e. The van der Waals surface area contributed by atoms with E-state index < -0.39 is 5.91 Å². The Bertz CT molecular complexity index is 1110. The van der Waals surface area contributed by atoms with Gasteiger partial charge in [0.25, 0.3) is 5.91 Å². The maximum absolute atomic E-state index is 11.9. The van der Waals surface area contributed by atoms with E-state index in [9.17, 15) is 4.79 Å². The molecule has 3 aromatic rings. The molecule has 0 radical (unpaired) electrons. The highest BCUT2D eigenvalue weighted by Gasteiger charge is 2.18. The molecule has 0 aliphatic carbocycles. The van der Waals surface area contributed by atoms with Crippen molar-refractivity contribution in [2.45, 2.75) is 19.3 Å². The number of methoxy groups -OCH3 is 1. The van der Waals surface area contributed by atoms with Gasteiger partial charge in [-0.05, 0) is 47.3 Å². The molecular formula is C19H21N9O4. The quantitative estimate of drug-likeness (QED) is 0.403.